The van der Waals surface area contributed by atoms with Gasteiger partial charge in [-0.1, -0.05) is 18.2 Å². The zero-order valence-corrected chi connectivity index (χ0v) is 14.8. The number of aryl methyl sites for hydroxylation is 2. The van der Waals surface area contributed by atoms with Gasteiger partial charge in [-0.25, -0.2) is 9.59 Å². The number of carbonyl (C=O) groups is 2. The summed E-state index contributed by atoms with van der Waals surface area (Å²) >= 11 is 0. The van der Waals surface area contributed by atoms with Gasteiger partial charge >= 0.3 is 11.7 Å². The van der Waals surface area contributed by atoms with Gasteiger partial charge in [-0.05, 0) is 36.8 Å². The molecule has 0 aliphatic carbocycles. The highest BCUT2D eigenvalue weighted by Crippen LogP contribution is 2.18. The van der Waals surface area contributed by atoms with E-state index in [0.29, 0.717) is 16.8 Å². The van der Waals surface area contributed by atoms with Gasteiger partial charge in [-0.2, -0.15) is 0 Å². The van der Waals surface area contributed by atoms with Gasteiger partial charge in [0.05, 0.1) is 23.7 Å². The number of amides is 1. The summed E-state index contributed by atoms with van der Waals surface area (Å²) in [5, 5.41) is 2.76. The number of benzene rings is 2. The summed E-state index contributed by atoms with van der Waals surface area (Å²) in [6, 6.07) is 12.2. The quantitative estimate of drug-likeness (QED) is 0.728. The summed E-state index contributed by atoms with van der Waals surface area (Å²) in [5.41, 5.74) is 2.84. The third-order valence-corrected chi connectivity index (χ3v) is 4.29. The molecule has 134 valence electrons. The number of para-hydroxylation sites is 2. The minimum Gasteiger partial charge on any atom is -0.465 e. The van der Waals surface area contributed by atoms with Crippen LogP contribution in [-0.4, -0.2) is 28.1 Å². The first-order valence-corrected chi connectivity index (χ1v) is 8.05. The number of nitrogens with zero attached hydrogens (tertiary/aromatic N) is 2. The number of nitrogens with one attached hydrogen (secondary N) is 1. The lowest BCUT2D eigenvalue weighted by Gasteiger charge is -2.10. The van der Waals surface area contributed by atoms with Crippen LogP contribution in [0.15, 0.2) is 47.3 Å². The molecule has 0 atom stereocenters. The summed E-state index contributed by atoms with van der Waals surface area (Å²) in [7, 11) is 2.97. The van der Waals surface area contributed by atoms with E-state index in [9.17, 15) is 14.4 Å². The fourth-order valence-corrected chi connectivity index (χ4v) is 2.85. The summed E-state index contributed by atoms with van der Waals surface area (Å²) in [5.74, 6) is -0.834. The number of hydrogen-bond acceptors (Lipinski definition) is 4. The van der Waals surface area contributed by atoms with Crippen LogP contribution in [0.2, 0.25) is 0 Å². The molecule has 1 amide bonds. The van der Waals surface area contributed by atoms with Gasteiger partial charge < -0.3 is 10.1 Å². The molecule has 0 fully saturated rings. The average molecular weight is 353 g/mol. The Labute approximate surface area is 149 Å². The molecule has 26 heavy (non-hydrogen) atoms. The summed E-state index contributed by atoms with van der Waals surface area (Å²) < 4.78 is 7.63. The number of methoxy groups -OCH3 is 1. The topological polar surface area (TPSA) is 82.3 Å². The van der Waals surface area contributed by atoms with Crippen molar-refractivity contribution in [2.24, 2.45) is 7.05 Å². The van der Waals surface area contributed by atoms with Crippen LogP contribution in [-0.2, 0) is 23.1 Å². The Morgan fingerprint density at radius 1 is 1.12 bits per heavy atom. The fraction of sp³-hybridized carbons (Fsp3) is 0.211. The monoisotopic (exact) mass is 353 g/mol. The van der Waals surface area contributed by atoms with Crippen LogP contribution >= 0.6 is 0 Å². The molecule has 0 aliphatic rings. The molecule has 0 saturated carbocycles. The number of hydrogen-bond donors (Lipinski definition) is 1. The van der Waals surface area contributed by atoms with E-state index < -0.39 is 5.97 Å². The lowest BCUT2D eigenvalue weighted by atomic mass is 10.1. The molecule has 2 aromatic carbocycles. The molecule has 7 nitrogen and oxygen atoms in total. The van der Waals surface area contributed by atoms with Crippen molar-refractivity contribution >= 4 is 28.6 Å². The molecule has 0 spiro atoms. The molecule has 3 aromatic rings. The lowest BCUT2D eigenvalue weighted by Crippen LogP contribution is -2.28. The number of ether oxygens (including phenoxy) is 1. The van der Waals surface area contributed by atoms with Gasteiger partial charge in [0.25, 0.3) is 0 Å². The number of esters is 1. The van der Waals surface area contributed by atoms with E-state index in [1.807, 2.05) is 25.1 Å². The van der Waals surface area contributed by atoms with E-state index in [0.717, 1.165) is 11.1 Å². The Hall–Kier alpha value is -3.35. The smallest absolute Gasteiger partial charge is 0.337 e. The van der Waals surface area contributed by atoms with Crippen molar-refractivity contribution < 1.29 is 14.3 Å². The maximum atomic E-state index is 12.5. The van der Waals surface area contributed by atoms with Crippen molar-refractivity contribution in [3.8, 4) is 0 Å². The Morgan fingerprint density at radius 2 is 1.81 bits per heavy atom. The Balaban J connectivity index is 1.88. The van der Waals surface area contributed by atoms with Gasteiger partial charge in [0.2, 0.25) is 5.91 Å². The van der Waals surface area contributed by atoms with Crippen LogP contribution < -0.4 is 11.0 Å². The number of anilines is 1. The van der Waals surface area contributed by atoms with E-state index in [-0.39, 0.29) is 18.1 Å². The van der Waals surface area contributed by atoms with E-state index >= 15 is 0 Å². The number of rotatable bonds is 4. The maximum Gasteiger partial charge on any atom is 0.337 e. The predicted octanol–water partition coefficient (Wildman–Crippen LogP) is 2.07. The summed E-state index contributed by atoms with van der Waals surface area (Å²) in [4.78, 5) is 36.6. The standard InChI is InChI=1S/C19H19N3O4/c1-12-8-9-13(18(24)26-3)10-14(12)20-17(23)11-22-16-7-5-4-6-15(16)21(2)19(22)25/h4-10H,11H2,1-3H3,(H,20,23). The van der Waals surface area contributed by atoms with Crippen molar-refractivity contribution in [1.29, 1.82) is 0 Å². The molecule has 0 aliphatic heterocycles. The summed E-state index contributed by atoms with van der Waals surface area (Å²) in [6.45, 7) is 1.70. The molecule has 0 unspecified atom stereocenters. The van der Waals surface area contributed by atoms with Gasteiger partial charge in [-0.3, -0.25) is 13.9 Å². The van der Waals surface area contributed by atoms with Crippen LogP contribution in [0.3, 0.4) is 0 Å². The molecule has 1 aromatic heterocycles. The SMILES string of the molecule is COC(=O)c1ccc(C)c(NC(=O)Cn2c(=O)n(C)c3ccccc32)c1. The fourth-order valence-electron chi connectivity index (χ4n) is 2.85. The average Bonchev–Trinajstić information content (AvgIpc) is 2.88. The van der Waals surface area contributed by atoms with Crippen LogP contribution in [0.25, 0.3) is 11.0 Å². The highest BCUT2D eigenvalue weighted by atomic mass is 16.5. The van der Waals surface area contributed by atoms with Crippen molar-refractivity contribution in [3.63, 3.8) is 0 Å². The Bertz CT molecular complexity index is 1060. The second-order valence-corrected chi connectivity index (χ2v) is 5.99. The van der Waals surface area contributed by atoms with Crippen LogP contribution in [0.5, 0.6) is 0 Å². The van der Waals surface area contributed by atoms with Gasteiger partial charge in [-0.15, -0.1) is 0 Å². The second kappa shape index (κ2) is 6.87. The van der Waals surface area contributed by atoms with Crippen molar-refractivity contribution in [1.82, 2.24) is 9.13 Å². The van der Waals surface area contributed by atoms with Crippen molar-refractivity contribution in [2.75, 3.05) is 12.4 Å². The minimum absolute atomic E-state index is 0.123. The minimum atomic E-state index is -0.481. The molecule has 3 rings (SSSR count). The number of fused-ring (bicyclic) bond motifs is 1. The highest BCUT2D eigenvalue weighted by molar-refractivity contribution is 5.95. The van der Waals surface area contributed by atoms with Gasteiger partial charge in [0.1, 0.15) is 6.54 Å². The molecule has 0 saturated heterocycles. The molecule has 1 N–H and O–H groups in total. The lowest BCUT2D eigenvalue weighted by molar-refractivity contribution is -0.116. The van der Waals surface area contributed by atoms with Crippen molar-refractivity contribution in [3.05, 3.63) is 64.1 Å². The first kappa shape index (κ1) is 17.5. The Kier molecular flexibility index (Phi) is 4.62. The summed E-state index contributed by atoms with van der Waals surface area (Å²) in [6.07, 6.45) is 0. The van der Waals surface area contributed by atoms with Crippen LogP contribution in [0.1, 0.15) is 15.9 Å². The first-order chi connectivity index (χ1) is 12.4. The zero-order valence-electron chi connectivity index (χ0n) is 14.8. The number of carbonyl (C=O) groups excluding carboxylic acids is 2. The number of aromatic nitrogens is 2. The molecule has 0 bridgehead atoms. The number of imidazole rings is 1. The van der Waals surface area contributed by atoms with Crippen LogP contribution in [0, 0.1) is 6.92 Å². The molecule has 7 heteroatoms. The normalized spacial score (nSPS) is 10.7. The predicted molar refractivity (Wildman–Crippen MR) is 98.3 cm³/mol. The van der Waals surface area contributed by atoms with Crippen LogP contribution in [0.4, 0.5) is 5.69 Å². The second-order valence-electron chi connectivity index (χ2n) is 5.99. The third-order valence-electron chi connectivity index (χ3n) is 4.29. The highest BCUT2D eigenvalue weighted by Gasteiger charge is 2.15. The molecular weight excluding hydrogens is 334 g/mol. The van der Waals surface area contributed by atoms with E-state index in [2.05, 4.69) is 5.32 Å². The molecule has 0 radical (unpaired) electrons. The first-order valence-electron chi connectivity index (χ1n) is 8.05. The largest absolute Gasteiger partial charge is 0.465 e. The molecule has 1 heterocycles. The van der Waals surface area contributed by atoms with Gasteiger partial charge in [0.15, 0.2) is 0 Å². The zero-order chi connectivity index (χ0) is 18.8. The maximum absolute atomic E-state index is 12.5. The van der Waals surface area contributed by atoms with Gasteiger partial charge in [0, 0.05) is 12.7 Å². The van der Waals surface area contributed by atoms with E-state index in [1.54, 1.807) is 31.3 Å². The van der Waals surface area contributed by atoms with E-state index in [4.69, 9.17) is 4.74 Å². The van der Waals surface area contributed by atoms with Crippen molar-refractivity contribution in [2.45, 2.75) is 13.5 Å². The third kappa shape index (κ3) is 3.11. The van der Waals surface area contributed by atoms with E-state index in [1.165, 1.54) is 16.2 Å². The Morgan fingerprint density at radius 3 is 2.50 bits per heavy atom. The molecular formula is C19H19N3O4.